The third kappa shape index (κ3) is 2.73. The quantitative estimate of drug-likeness (QED) is 0.613. The largest absolute Gasteiger partial charge is 0.117 e. The van der Waals surface area contributed by atoms with E-state index < -0.39 is 0 Å². The molecule has 0 N–H and O–H groups in total. The van der Waals surface area contributed by atoms with Crippen LogP contribution in [0.5, 0.6) is 0 Å². The van der Waals surface area contributed by atoms with E-state index in [1.165, 1.54) is 11.1 Å². The molecule has 0 amide bonds. The van der Waals surface area contributed by atoms with E-state index in [0.717, 1.165) is 17.0 Å². The van der Waals surface area contributed by atoms with Gasteiger partial charge in [-0.2, -0.15) is 0 Å². The SMILES string of the molecule is CCC(C)(C)C(Cl)c1cc(C)c(Cl)cc1C. The summed E-state index contributed by atoms with van der Waals surface area (Å²) in [5, 5.41) is 0.855. The van der Waals surface area contributed by atoms with Crippen LogP contribution in [0, 0.1) is 19.3 Å². The molecule has 1 unspecified atom stereocenters. The first kappa shape index (κ1) is 13.9. The summed E-state index contributed by atoms with van der Waals surface area (Å²) in [6, 6.07) is 4.13. The average molecular weight is 259 g/mol. The molecule has 16 heavy (non-hydrogen) atoms. The Kier molecular flexibility index (Phi) is 4.31. The highest BCUT2D eigenvalue weighted by atomic mass is 35.5. The first-order valence-corrected chi connectivity index (χ1v) is 6.51. The number of rotatable bonds is 3. The minimum absolute atomic E-state index is 0.0356. The Morgan fingerprint density at radius 3 is 2.25 bits per heavy atom. The van der Waals surface area contributed by atoms with Gasteiger partial charge in [-0.25, -0.2) is 0 Å². The van der Waals surface area contributed by atoms with Gasteiger partial charge in [0.2, 0.25) is 0 Å². The van der Waals surface area contributed by atoms with Gasteiger partial charge in [0.1, 0.15) is 0 Å². The highest BCUT2D eigenvalue weighted by Crippen LogP contribution is 2.43. The molecule has 0 heterocycles. The third-order valence-corrected chi connectivity index (χ3v) is 4.65. The van der Waals surface area contributed by atoms with Crippen LogP contribution in [0.25, 0.3) is 0 Å². The maximum Gasteiger partial charge on any atom is 0.0638 e. The fourth-order valence-corrected chi connectivity index (χ4v) is 2.28. The third-order valence-electron chi connectivity index (χ3n) is 3.42. The van der Waals surface area contributed by atoms with Crippen molar-refractivity contribution >= 4 is 23.2 Å². The summed E-state index contributed by atoms with van der Waals surface area (Å²) in [5.41, 5.74) is 3.58. The number of hydrogen-bond donors (Lipinski definition) is 0. The predicted octanol–water partition coefficient (Wildman–Crippen LogP) is 5.67. The predicted molar refractivity (Wildman–Crippen MR) is 73.6 cm³/mol. The van der Waals surface area contributed by atoms with Gasteiger partial charge in [0.05, 0.1) is 5.38 Å². The van der Waals surface area contributed by atoms with Crippen LogP contribution in [0.1, 0.15) is 49.3 Å². The summed E-state index contributed by atoms with van der Waals surface area (Å²) in [6.45, 7) is 10.7. The molecule has 0 radical (unpaired) electrons. The Labute approximate surface area is 109 Å². The van der Waals surface area contributed by atoms with Crippen LogP contribution in [-0.4, -0.2) is 0 Å². The Morgan fingerprint density at radius 1 is 1.19 bits per heavy atom. The first-order chi connectivity index (χ1) is 7.29. The molecule has 0 bridgehead atoms. The van der Waals surface area contributed by atoms with Crippen molar-refractivity contribution in [2.75, 3.05) is 0 Å². The van der Waals surface area contributed by atoms with Gasteiger partial charge in [-0.1, -0.05) is 38.4 Å². The van der Waals surface area contributed by atoms with E-state index in [-0.39, 0.29) is 10.8 Å². The van der Waals surface area contributed by atoms with Gasteiger partial charge in [-0.15, -0.1) is 11.6 Å². The van der Waals surface area contributed by atoms with Crippen molar-refractivity contribution in [3.05, 3.63) is 33.8 Å². The van der Waals surface area contributed by atoms with Gasteiger partial charge < -0.3 is 0 Å². The van der Waals surface area contributed by atoms with Crippen molar-refractivity contribution in [1.82, 2.24) is 0 Å². The number of halogens is 2. The topological polar surface area (TPSA) is 0 Å². The van der Waals surface area contributed by atoms with Crippen molar-refractivity contribution in [2.45, 2.75) is 46.4 Å². The number of aryl methyl sites for hydroxylation is 2. The van der Waals surface area contributed by atoms with E-state index in [9.17, 15) is 0 Å². The fraction of sp³-hybridized carbons (Fsp3) is 0.571. The molecule has 0 saturated carbocycles. The van der Waals surface area contributed by atoms with Crippen LogP contribution in [0.2, 0.25) is 5.02 Å². The highest BCUT2D eigenvalue weighted by molar-refractivity contribution is 6.31. The molecule has 0 spiro atoms. The molecule has 0 fully saturated rings. The molecular formula is C14H20Cl2. The summed E-state index contributed by atoms with van der Waals surface area (Å²) in [5.74, 6) is 0. The molecule has 2 heteroatoms. The van der Waals surface area contributed by atoms with Crippen molar-refractivity contribution in [1.29, 1.82) is 0 Å². The molecule has 1 rings (SSSR count). The smallest absolute Gasteiger partial charge is 0.0638 e. The number of hydrogen-bond acceptors (Lipinski definition) is 0. The average Bonchev–Trinajstić information content (AvgIpc) is 2.22. The van der Waals surface area contributed by atoms with Crippen molar-refractivity contribution in [3.8, 4) is 0 Å². The molecule has 90 valence electrons. The molecule has 1 atom stereocenters. The highest BCUT2D eigenvalue weighted by Gasteiger charge is 2.28. The van der Waals surface area contributed by atoms with E-state index in [2.05, 4.69) is 33.8 Å². The van der Waals surface area contributed by atoms with Gasteiger partial charge in [0.15, 0.2) is 0 Å². The molecule has 1 aromatic rings. The lowest BCUT2D eigenvalue weighted by molar-refractivity contribution is 0.335. The molecular weight excluding hydrogens is 239 g/mol. The van der Waals surface area contributed by atoms with Crippen LogP contribution in [-0.2, 0) is 0 Å². The van der Waals surface area contributed by atoms with Gasteiger partial charge in [0.25, 0.3) is 0 Å². The van der Waals surface area contributed by atoms with E-state index in [1.54, 1.807) is 0 Å². The molecule has 0 aliphatic carbocycles. The van der Waals surface area contributed by atoms with Crippen LogP contribution in [0.15, 0.2) is 12.1 Å². The normalized spacial score (nSPS) is 13.9. The summed E-state index contributed by atoms with van der Waals surface area (Å²) in [6.07, 6.45) is 1.06. The fourth-order valence-electron chi connectivity index (χ4n) is 1.68. The van der Waals surface area contributed by atoms with Crippen molar-refractivity contribution < 1.29 is 0 Å². The van der Waals surface area contributed by atoms with E-state index in [4.69, 9.17) is 23.2 Å². The van der Waals surface area contributed by atoms with Gasteiger partial charge in [-0.3, -0.25) is 0 Å². The minimum atomic E-state index is 0.0356. The second-order valence-corrected chi connectivity index (χ2v) is 6.01. The zero-order chi connectivity index (χ0) is 12.5. The molecule has 0 aliphatic heterocycles. The first-order valence-electron chi connectivity index (χ1n) is 5.70. The Balaban J connectivity index is 3.19. The van der Waals surface area contributed by atoms with Gasteiger partial charge in [0, 0.05) is 5.02 Å². The monoisotopic (exact) mass is 258 g/mol. The Hall–Kier alpha value is -0.200. The van der Waals surface area contributed by atoms with Gasteiger partial charge in [-0.05, 0) is 48.4 Å². The summed E-state index contributed by atoms with van der Waals surface area (Å²) in [4.78, 5) is 0. The lowest BCUT2D eigenvalue weighted by Gasteiger charge is -2.30. The van der Waals surface area contributed by atoms with Crippen molar-refractivity contribution in [3.63, 3.8) is 0 Å². The van der Waals surface area contributed by atoms with Crippen LogP contribution in [0.3, 0.4) is 0 Å². The molecule has 0 saturated heterocycles. The standard InChI is InChI=1S/C14H20Cl2/c1-6-14(4,5)13(16)11-7-10(3)12(15)8-9(11)2/h7-8,13H,6H2,1-5H3. The van der Waals surface area contributed by atoms with Crippen LogP contribution < -0.4 is 0 Å². The van der Waals surface area contributed by atoms with E-state index in [1.807, 2.05) is 13.0 Å². The van der Waals surface area contributed by atoms with Crippen LogP contribution in [0.4, 0.5) is 0 Å². The zero-order valence-corrected chi connectivity index (χ0v) is 12.2. The lowest BCUT2D eigenvalue weighted by atomic mass is 9.81. The summed E-state index contributed by atoms with van der Waals surface area (Å²) < 4.78 is 0. The summed E-state index contributed by atoms with van der Waals surface area (Å²) >= 11 is 12.7. The van der Waals surface area contributed by atoms with Crippen molar-refractivity contribution in [2.24, 2.45) is 5.41 Å². The number of benzene rings is 1. The Morgan fingerprint density at radius 2 is 1.75 bits per heavy atom. The van der Waals surface area contributed by atoms with Crippen LogP contribution >= 0.6 is 23.2 Å². The lowest BCUT2D eigenvalue weighted by Crippen LogP contribution is -2.17. The van der Waals surface area contributed by atoms with Gasteiger partial charge >= 0.3 is 0 Å². The molecule has 0 aliphatic rings. The second-order valence-electron chi connectivity index (χ2n) is 5.16. The molecule has 0 nitrogen and oxygen atoms in total. The maximum atomic E-state index is 6.58. The van der Waals surface area contributed by atoms with E-state index in [0.29, 0.717) is 0 Å². The minimum Gasteiger partial charge on any atom is -0.117 e. The molecule has 0 aromatic heterocycles. The summed E-state index contributed by atoms with van der Waals surface area (Å²) in [7, 11) is 0. The maximum absolute atomic E-state index is 6.58. The Bertz CT molecular complexity index is 381. The van der Waals surface area contributed by atoms with E-state index >= 15 is 0 Å². The zero-order valence-electron chi connectivity index (χ0n) is 10.7. The molecule has 1 aromatic carbocycles. The second kappa shape index (κ2) is 4.98. The number of alkyl halides is 1.